The van der Waals surface area contributed by atoms with Gasteiger partial charge >= 0.3 is 0 Å². The monoisotopic (exact) mass is 356 g/mol. The van der Waals surface area contributed by atoms with Crippen molar-refractivity contribution in [3.05, 3.63) is 35.4 Å². The Morgan fingerprint density at radius 1 is 1.32 bits per heavy atom. The number of rotatable bonds is 2. The molecule has 1 N–H and O–H groups in total. The SMILES string of the molecule is CN1C[C@H]2COC[C@@H]1CN(C(=O)Cc1cc(F)ccc1F)C2.O=CO. The lowest BCUT2D eigenvalue weighted by Crippen LogP contribution is -2.45. The molecule has 0 spiro atoms. The third kappa shape index (κ3) is 5.20. The number of carbonyl (C=O) groups is 2. The third-order valence-electron chi connectivity index (χ3n) is 4.45. The van der Waals surface area contributed by atoms with Crippen LogP contribution < -0.4 is 0 Å². The molecular weight excluding hydrogens is 334 g/mol. The summed E-state index contributed by atoms with van der Waals surface area (Å²) in [5, 5.41) is 6.89. The molecule has 2 fully saturated rings. The average molecular weight is 356 g/mol. The Kier molecular flexibility index (Phi) is 6.83. The van der Waals surface area contributed by atoms with E-state index in [1.807, 2.05) is 7.05 Å². The van der Waals surface area contributed by atoms with E-state index in [4.69, 9.17) is 14.6 Å². The number of fused-ring (bicyclic) bond motifs is 3. The van der Waals surface area contributed by atoms with Crippen LogP contribution >= 0.6 is 0 Å². The van der Waals surface area contributed by atoms with Crippen molar-refractivity contribution in [2.45, 2.75) is 12.5 Å². The molecule has 1 aromatic carbocycles. The smallest absolute Gasteiger partial charge is 0.290 e. The lowest BCUT2D eigenvalue weighted by atomic mass is 10.1. The summed E-state index contributed by atoms with van der Waals surface area (Å²) in [5.41, 5.74) is 0.115. The molecule has 0 radical (unpaired) electrons. The lowest BCUT2D eigenvalue weighted by molar-refractivity contribution is -0.132. The Bertz CT molecular complexity index is 614. The van der Waals surface area contributed by atoms with E-state index in [1.165, 1.54) is 0 Å². The highest BCUT2D eigenvalue weighted by Gasteiger charge is 2.33. The highest BCUT2D eigenvalue weighted by molar-refractivity contribution is 5.79. The van der Waals surface area contributed by atoms with Crippen LogP contribution in [0, 0.1) is 17.6 Å². The maximum absolute atomic E-state index is 13.7. The van der Waals surface area contributed by atoms with E-state index < -0.39 is 11.6 Å². The van der Waals surface area contributed by atoms with Gasteiger partial charge in [0.25, 0.3) is 6.47 Å². The topological polar surface area (TPSA) is 70.1 Å². The first-order chi connectivity index (χ1) is 11.9. The largest absolute Gasteiger partial charge is 0.483 e. The molecule has 2 bridgehead atoms. The van der Waals surface area contributed by atoms with E-state index in [9.17, 15) is 13.6 Å². The average Bonchev–Trinajstić information content (AvgIpc) is 2.80. The summed E-state index contributed by atoms with van der Waals surface area (Å²) in [7, 11) is 2.03. The first-order valence-electron chi connectivity index (χ1n) is 8.02. The fraction of sp³-hybridized carbons (Fsp3) is 0.529. The van der Waals surface area contributed by atoms with Crippen LogP contribution in [-0.4, -0.2) is 73.2 Å². The van der Waals surface area contributed by atoms with E-state index in [0.717, 1.165) is 24.7 Å². The Balaban J connectivity index is 0.000000701. The van der Waals surface area contributed by atoms with Crippen molar-refractivity contribution in [2.75, 3.05) is 39.9 Å². The number of hydrogen-bond acceptors (Lipinski definition) is 4. The number of amides is 1. The van der Waals surface area contributed by atoms with Gasteiger partial charge < -0.3 is 14.7 Å². The Morgan fingerprint density at radius 2 is 2.04 bits per heavy atom. The van der Waals surface area contributed by atoms with Gasteiger partial charge in [-0.2, -0.15) is 0 Å². The summed E-state index contributed by atoms with van der Waals surface area (Å²) in [6, 6.07) is 3.39. The maximum atomic E-state index is 13.7. The van der Waals surface area contributed by atoms with Crippen LogP contribution in [0.3, 0.4) is 0 Å². The van der Waals surface area contributed by atoms with Crippen molar-refractivity contribution in [2.24, 2.45) is 5.92 Å². The van der Waals surface area contributed by atoms with Crippen molar-refractivity contribution < 1.29 is 28.2 Å². The van der Waals surface area contributed by atoms with Gasteiger partial charge in [-0.05, 0) is 25.2 Å². The zero-order valence-corrected chi connectivity index (χ0v) is 14.0. The Hall–Kier alpha value is -2.06. The number of carbonyl (C=O) groups excluding carboxylic acids is 1. The first kappa shape index (κ1) is 19.3. The molecular formula is C17H22F2N2O4. The first-order valence-corrected chi connectivity index (χ1v) is 8.02. The van der Waals surface area contributed by atoms with Gasteiger partial charge in [-0.1, -0.05) is 0 Å². The quantitative estimate of drug-likeness (QED) is 0.801. The van der Waals surface area contributed by atoms with Crippen LogP contribution in [0.25, 0.3) is 0 Å². The number of nitrogens with zero attached hydrogens (tertiary/aromatic N) is 2. The summed E-state index contributed by atoms with van der Waals surface area (Å²) in [4.78, 5) is 24.8. The summed E-state index contributed by atoms with van der Waals surface area (Å²) in [6.45, 7) is 3.06. The molecule has 3 rings (SSSR count). The predicted octanol–water partition coefficient (Wildman–Crippen LogP) is 0.997. The second kappa shape index (κ2) is 8.87. The molecule has 2 aliphatic heterocycles. The molecule has 1 amide bonds. The number of likely N-dealkylation sites (N-methyl/N-ethyl adjacent to an activating group) is 1. The zero-order chi connectivity index (χ0) is 18.4. The van der Waals surface area contributed by atoms with E-state index in [1.54, 1.807) is 4.90 Å². The van der Waals surface area contributed by atoms with Gasteiger partial charge in [-0.25, -0.2) is 8.78 Å². The van der Waals surface area contributed by atoms with E-state index in [-0.39, 0.29) is 36.3 Å². The molecule has 2 saturated heterocycles. The minimum Gasteiger partial charge on any atom is -0.483 e. The molecule has 25 heavy (non-hydrogen) atoms. The predicted molar refractivity (Wildman–Crippen MR) is 86.1 cm³/mol. The summed E-state index contributed by atoms with van der Waals surface area (Å²) >= 11 is 0. The molecule has 1 aromatic rings. The second-order valence-corrected chi connectivity index (χ2v) is 6.31. The number of carboxylic acid groups (broad SMARTS) is 1. The van der Waals surface area contributed by atoms with Gasteiger partial charge in [0, 0.05) is 31.1 Å². The van der Waals surface area contributed by atoms with Crippen LogP contribution in [0.2, 0.25) is 0 Å². The molecule has 2 aliphatic rings. The van der Waals surface area contributed by atoms with E-state index in [2.05, 4.69) is 4.90 Å². The normalized spacial score (nSPS) is 23.2. The molecule has 2 atom stereocenters. The molecule has 0 saturated carbocycles. The number of hydrogen-bond donors (Lipinski definition) is 1. The second-order valence-electron chi connectivity index (χ2n) is 6.31. The van der Waals surface area contributed by atoms with Gasteiger partial charge in [0.2, 0.25) is 5.91 Å². The van der Waals surface area contributed by atoms with Gasteiger partial charge in [0.1, 0.15) is 11.6 Å². The third-order valence-corrected chi connectivity index (χ3v) is 4.45. The lowest BCUT2D eigenvalue weighted by Gasteiger charge is -2.30. The van der Waals surface area contributed by atoms with Crippen molar-refractivity contribution in [3.63, 3.8) is 0 Å². The van der Waals surface area contributed by atoms with Gasteiger partial charge in [0.15, 0.2) is 0 Å². The van der Waals surface area contributed by atoms with Crippen LogP contribution in [0.15, 0.2) is 18.2 Å². The highest BCUT2D eigenvalue weighted by Crippen LogP contribution is 2.20. The van der Waals surface area contributed by atoms with Gasteiger partial charge in [0.05, 0.1) is 25.7 Å². The van der Waals surface area contributed by atoms with Crippen molar-refractivity contribution >= 4 is 12.4 Å². The minimum absolute atomic E-state index is 0.104. The van der Waals surface area contributed by atoms with Crippen molar-refractivity contribution in [3.8, 4) is 0 Å². The summed E-state index contributed by atoms with van der Waals surface area (Å²) < 4.78 is 32.6. The molecule has 0 aliphatic carbocycles. The fourth-order valence-corrected chi connectivity index (χ4v) is 3.21. The van der Waals surface area contributed by atoms with Crippen LogP contribution in [0.1, 0.15) is 5.56 Å². The van der Waals surface area contributed by atoms with Gasteiger partial charge in [-0.3, -0.25) is 14.5 Å². The standard InChI is InChI=1S/C16H20F2N2O2.CH2O2/c1-19-6-11-7-20(8-14(19)10-22-9-11)16(21)5-12-4-13(17)2-3-15(12)18;2-1-3/h2-4,11,14H,5-10H2,1H3;1H,(H,2,3)/t11-,14+;/m1./s1. The fourth-order valence-electron chi connectivity index (χ4n) is 3.21. The van der Waals surface area contributed by atoms with Crippen LogP contribution in [0.4, 0.5) is 8.78 Å². The number of ether oxygens (including phenoxy) is 1. The van der Waals surface area contributed by atoms with Crippen molar-refractivity contribution in [1.29, 1.82) is 0 Å². The van der Waals surface area contributed by atoms with Gasteiger partial charge in [-0.15, -0.1) is 0 Å². The van der Waals surface area contributed by atoms with Crippen molar-refractivity contribution in [1.82, 2.24) is 9.80 Å². The molecule has 138 valence electrons. The van der Waals surface area contributed by atoms with E-state index >= 15 is 0 Å². The summed E-state index contributed by atoms with van der Waals surface area (Å²) in [6.07, 6.45) is -0.104. The maximum Gasteiger partial charge on any atom is 0.290 e. The Morgan fingerprint density at radius 3 is 2.76 bits per heavy atom. The molecule has 8 heteroatoms. The van der Waals surface area contributed by atoms with Crippen LogP contribution in [-0.2, 0) is 20.7 Å². The zero-order valence-electron chi connectivity index (χ0n) is 14.0. The number of benzene rings is 1. The molecule has 0 unspecified atom stereocenters. The summed E-state index contributed by atoms with van der Waals surface area (Å²) in [5.74, 6) is -0.953. The number of halogens is 2. The highest BCUT2D eigenvalue weighted by atomic mass is 19.1. The molecule has 6 nitrogen and oxygen atoms in total. The Labute approximate surface area is 145 Å². The molecule has 0 aromatic heterocycles. The molecule has 2 heterocycles. The van der Waals surface area contributed by atoms with E-state index in [0.29, 0.717) is 26.3 Å². The minimum atomic E-state index is -0.537. The van der Waals surface area contributed by atoms with Crippen LogP contribution in [0.5, 0.6) is 0 Å².